The Morgan fingerprint density at radius 3 is 3.14 bits per heavy atom. The topological polar surface area (TPSA) is 71.3 Å². The normalized spacial score (nSPS) is 13.3. The summed E-state index contributed by atoms with van der Waals surface area (Å²) in [6, 6.07) is 4.61. The Bertz CT molecular complexity index is 686. The van der Waals surface area contributed by atoms with E-state index in [2.05, 4.69) is 15.5 Å². The SMILES string of the molecule is Cc1noc(CCCNC(=O)N2CCc3c(F)cccc32)n1. The van der Waals surface area contributed by atoms with Crippen LogP contribution in [0.3, 0.4) is 0 Å². The highest BCUT2D eigenvalue weighted by Gasteiger charge is 2.26. The van der Waals surface area contributed by atoms with Gasteiger partial charge in [-0.05, 0) is 31.9 Å². The van der Waals surface area contributed by atoms with Gasteiger partial charge in [-0.1, -0.05) is 11.2 Å². The molecule has 2 heterocycles. The van der Waals surface area contributed by atoms with Crippen molar-refractivity contribution in [2.75, 3.05) is 18.0 Å². The van der Waals surface area contributed by atoms with Crippen molar-refractivity contribution < 1.29 is 13.7 Å². The summed E-state index contributed by atoms with van der Waals surface area (Å²) in [6.07, 6.45) is 1.88. The van der Waals surface area contributed by atoms with Crippen LogP contribution in [0.4, 0.5) is 14.9 Å². The zero-order chi connectivity index (χ0) is 15.5. The lowest BCUT2D eigenvalue weighted by molar-refractivity contribution is 0.246. The summed E-state index contributed by atoms with van der Waals surface area (Å²) in [4.78, 5) is 17.9. The van der Waals surface area contributed by atoms with Gasteiger partial charge in [0.1, 0.15) is 5.82 Å². The third-order valence-electron chi connectivity index (χ3n) is 3.63. The predicted octanol–water partition coefficient (Wildman–Crippen LogP) is 2.22. The Morgan fingerprint density at radius 1 is 1.50 bits per heavy atom. The highest BCUT2D eigenvalue weighted by molar-refractivity contribution is 5.94. The zero-order valence-corrected chi connectivity index (χ0v) is 12.3. The highest BCUT2D eigenvalue weighted by atomic mass is 19.1. The van der Waals surface area contributed by atoms with Crippen LogP contribution in [0.5, 0.6) is 0 Å². The predicted molar refractivity (Wildman–Crippen MR) is 78.2 cm³/mol. The van der Waals surface area contributed by atoms with Crippen molar-refractivity contribution in [2.24, 2.45) is 0 Å². The molecule has 0 radical (unpaired) electrons. The van der Waals surface area contributed by atoms with Gasteiger partial charge in [0.25, 0.3) is 0 Å². The summed E-state index contributed by atoms with van der Waals surface area (Å²) in [5, 5.41) is 6.55. The molecule has 0 unspecified atom stereocenters. The Kier molecular flexibility index (Phi) is 4.04. The minimum atomic E-state index is -0.250. The first-order valence-corrected chi connectivity index (χ1v) is 7.27. The number of hydrogen-bond donors (Lipinski definition) is 1. The summed E-state index contributed by atoms with van der Waals surface area (Å²) in [5.41, 5.74) is 1.27. The molecule has 1 aromatic carbocycles. The Balaban J connectivity index is 1.50. The van der Waals surface area contributed by atoms with Gasteiger partial charge >= 0.3 is 6.03 Å². The number of aromatic nitrogens is 2. The van der Waals surface area contributed by atoms with Crippen LogP contribution in [-0.4, -0.2) is 29.3 Å². The molecule has 22 heavy (non-hydrogen) atoms. The van der Waals surface area contributed by atoms with Crippen molar-refractivity contribution in [1.82, 2.24) is 15.5 Å². The van der Waals surface area contributed by atoms with Crippen LogP contribution in [0, 0.1) is 12.7 Å². The number of rotatable bonds is 4. The van der Waals surface area contributed by atoms with Crippen LogP contribution < -0.4 is 10.2 Å². The van der Waals surface area contributed by atoms with Gasteiger partial charge in [-0.25, -0.2) is 9.18 Å². The summed E-state index contributed by atoms with van der Waals surface area (Å²) in [5.74, 6) is 0.926. The van der Waals surface area contributed by atoms with E-state index in [1.165, 1.54) is 6.07 Å². The van der Waals surface area contributed by atoms with E-state index in [-0.39, 0.29) is 11.8 Å². The Labute approximate surface area is 127 Å². The van der Waals surface area contributed by atoms with Gasteiger partial charge < -0.3 is 9.84 Å². The summed E-state index contributed by atoms with van der Waals surface area (Å²) in [6.45, 7) is 2.77. The number of halogens is 1. The molecule has 0 saturated carbocycles. The number of hydrogen-bond acceptors (Lipinski definition) is 4. The van der Waals surface area contributed by atoms with Gasteiger partial charge in [0.05, 0.1) is 5.69 Å². The third kappa shape index (κ3) is 2.93. The number of carbonyl (C=O) groups is 1. The van der Waals surface area contributed by atoms with Gasteiger partial charge in [0, 0.05) is 25.1 Å². The molecule has 0 spiro atoms. The molecule has 116 valence electrons. The second-order valence-corrected chi connectivity index (χ2v) is 5.21. The van der Waals surface area contributed by atoms with E-state index >= 15 is 0 Å². The molecule has 0 saturated heterocycles. The molecule has 2 amide bonds. The van der Waals surface area contributed by atoms with Crippen LogP contribution in [-0.2, 0) is 12.8 Å². The second kappa shape index (κ2) is 6.13. The monoisotopic (exact) mass is 304 g/mol. The Morgan fingerprint density at radius 2 is 2.36 bits per heavy atom. The Hall–Kier alpha value is -2.44. The van der Waals surface area contributed by atoms with Crippen molar-refractivity contribution in [3.05, 3.63) is 41.3 Å². The maximum Gasteiger partial charge on any atom is 0.321 e. The largest absolute Gasteiger partial charge is 0.339 e. The maximum absolute atomic E-state index is 13.6. The fraction of sp³-hybridized carbons (Fsp3) is 0.400. The number of aryl methyl sites for hydroxylation is 2. The first-order valence-electron chi connectivity index (χ1n) is 7.27. The molecule has 0 atom stereocenters. The number of carbonyl (C=O) groups excluding carboxylic acids is 1. The molecule has 1 aromatic heterocycles. The summed E-state index contributed by atoms with van der Waals surface area (Å²) in [7, 11) is 0. The van der Waals surface area contributed by atoms with E-state index in [4.69, 9.17) is 4.52 Å². The molecule has 7 heteroatoms. The fourth-order valence-corrected chi connectivity index (χ4v) is 2.57. The average molecular weight is 304 g/mol. The maximum atomic E-state index is 13.6. The molecule has 0 bridgehead atoms. The first-order chi connectivity index (χ1) is 10.6. The molecule has 1 N–H and O–H groups in total. The molecule has 0 aliphatic carbocycles. The smallest absolute Gasteiger partial charge is 0.321 e. The minimum Gasteiger partial charge on any atom is -0.339 e. The summed E-state index contributed by atoms with van der Waals surface area (Å²) < 4.78 is 18.6. The molecule has 1 aliphatic heterocycles. The highest BCUT2D eigenvalue weighted by Crippen LogP contribution is 2.29. The van der Waals surface area contributed by atoms with Gasteiger partial charge in [0.2, 0.25) is 5.89 Å². The van der Waals surface area contributed by atoms with E-state index in [1.807, 2.05) is 0 Å². The molecule has 6 nitrogen and oxygen atoms in total. The lowest BCUT2D eigenvalue weighted by Gasteiger charge is -2.17. The lowest BCUT2D eigenvalue weighted by atomic mass is 10.1. The number of urea groups is 1. The van der Waals surface area contributed by atoms with E-state index in [1.54, 1.807) is 24.0 Å². The van der Waals surface area contributed by atoms with Crippen LogP contribution in [0.25, 0.3) is 0 Å². The van der Waals surface area contributed by atoms with Gasteiger partial charge in [-0.3, -0.25) is 4.90 Å². The van der Waals surface area contributed by atoms with E-state index in [0.717, 1.165) is 0 Å². The van der Waals surface area contributed by atoms with Crippen LogP contribution in [0.15, 0.2) is 22.7 Å². The third-order valence-corrected chi connectivity index (χ3v) is 3.63. The average Bonchev–Trinajstić information content (AvgIpc) is 3.10. The lowest BCUT2D eigenvalue weighted by Crippen LogP contribution is -2.39. The van der Waals surface area contributed by atoms with Crippen molar-refractivity contribution in [1.29, 1.82) is 0 Å². The number of benzene rings is 1. The minimum absolute atomic E-state index is 0.203. The van der Waals surface area contributed by atoms with E-state index < -0.39 is 0 Å². The fourth-order valence-electron chi connectivity index (χ4n) is 2.57. The first kappa shape index (κ1) is 14.5. The molecule has 3 rings (SSSR count). The van der Waals surface area contributed by atoms with Gasteiger partial charge in [-0.15, -0.1) is 0 Å². The van der Waals surface area contributed by atoms with Crippen molar-refractivity contribution >= 4 is 11.7 Å². The van der Waals surface area contributed by atoms with Crippen molar-refractivity contribution in [3.63, 3.8) is 0 Å². The molecule has 0 fully saturated rings. The number of anilines is 1. The zero-order valence-electron chi connectivity index (χ0n) is 12.3. The molecular weight excluding hydrogens is 287 g/mol. The summed E-state index contributed by atoms with van der Waals surface area (Å²) >= 11 is 0. The number of amides is 2. The standard InChI is InChI=1S/C15H17FN4O2/c1-10-18-14(22-19-10)6-3-8-17-15(21)20-9-7-11-12(16)4-2-5-13(11)20/h2,4-5H,3,6-9H2,1H3,(H,17,21). The number of fused-ring (bicyclic) bond motifs is 1. The van der Waals surface area contributed by atoms with E-state index in [0.29, 0.717) is 55.3 Å². The molecule has 2 aromatic rings. The van der Waals surface area contributed by atoms with Crippen molar-refractivity contribution in [3.8, 4) is 0 Å². The quantitative estimate of drug-likeness (QED) is 0.879. The van der Waals surface area contributed by atoms with Crippen LogP contribution >= 0.6 is 0 Å². The van der Waals surface area contributed by atoms with Gasteiger partial charge in [-0.2, -0.15) is 4.98 Å². The van der Waals surface area contributed by atoms with Crippen molar-refractivity contribution in [2.45, 2.75) is 26.2 Å². The van der Waals surface area contributed by atoms with Crippen LogP contribution in [0.2, 0.25) is 0 Å². The van der Waals surface area contributed by atoms with Gasteiger partial charge in [0.15, 0.2) is 5.82 Å². The molecule has 1 aliphatic rings. The van der Waals surface area contributed by atoms with E-state index in [9.17, 15) is 9.18 Å². The van der Waals surface area contributed by atoms with Crippen LogP contribution in [0.1, 0.15) is 23.7 Å². The number of nitrogens with zero attached hydrogens (tertiary/aromatic N) is 3. The number of nitrogens with one attached hydrogen (secondary N) is 1. The second-order valence-electron chi connectivity index (χ2n) is 5.21. The molecular formula is C15H17FN4O2.